The SMILES string of the molecule is CC(=O)C1(C)CNCCN1C/C=C(\C)CC/C=C(\C)CC/C=C(\C)CCC=C(C)C. The van der Waals surface area contributed by atoms with Crippen molar-refractivity contribution >= 4 is 5.78 Å². The van der Waals surface area contributed by atoms with Gasteiger partial charge in [0.1, 0.15) is 0 Å². The van der Waals surface area contributed by atoms with Crippen LogP contribution in [0.2, 0.25) is 0 Å². The molecule has 3 heteroatoms. The molecular weight excluding hydrogens is 368 g/mol. The van der Waals surface area contributed by atoms with Gasteiger partial charge in [-0.05, 0) is 87.0 Å². The molecule has 0 spiro atoms. The van der Waals surface area contributed by atoms with Gasteiger partial charge in [-0.3, -0.25) is 9.69 Å². The molecule has 1 aliphatic heterocycles. The van der Waals surface area contributed by atoms with E-state index >= 15 is 0 Å². The van der Waals surface area contributed by atoms with Crippen molar-refractivity contribution in [3.05, 3.63) is 46.6 Å². The van der Waals surface area contributed by atoms with Gasteiger partial charge in [0.05, 0.1) is 5.54 Å². The lowest BCUT2D eigenvalue weighted by molar-refractivity contribution is -0.128. The maximum atomic E-state index is 12.1. The fourth-order valence-electron chi connectivity index (χ4n) is 3.80. The van der Waals surface area contributed by atoms with Gasteiger partial charge < -0.3 is 5.32 Å². The molecule has 0 bridgehead atoms. The van der Waals surface area contributed by atoms with E-state index in [4.69, 9.17) is 0 Å². The molecule has 1 rings (SSSR count). The van der Waals surface area contributed by atoms with Gasteiger partial charge in [-0.1, -0.05) is 46.6 Å². The van der Waals surface area contributed by atoms with Crippen molar-refractivity contribution in [1.29, 1.82) is 0 Å². The van der Waals surface area contributed by atoms with Crippen LogP contribution in [0, 0.1) is 0 Å². The highest BCUT2D eigenvalue weighted by atomic mass is 16.1. The Morgan fingerprint density at radius 2 is 1.33 bits per heavy atom. The molecule has 1 N–H and O–H groups in total. The summed E-state index contributed by atoms with van der Waals surface area (Å²) in [6, 6.07) is 0. The number of piperazine rings is 1. The maximum absolute atomic E-state index is 12.1. The minimum absolute atomic E-state index is 0.250. The summed E-state index contributed by atoms with van der Waals surface area (Å²) in [7, 11) is 0. The molecule has 1 heterocycles. The molecule has 1 atom stereocenters. The van der Waals surface area contributed by atoms with Crippen LogP contribution in [0.1, 0.15) is 87.0 Å². The van der Waals surface area contributed by atoms with Crippen molar-refractivity contribution in [2.45, 2.75) is 92.5 Å². The van der Waals surface area contributed by atoms with Crippen molar-refractivity contribution in [3.63, 3.8) is 0 Å². The van der Waals surface area contributed by atoms with Gasteiger partial charge in [-0.25, -0.2) is 0 Å². The second kappa shape index (κ2) is 13.8. The molecule has 170 valence electrons. The third kappa shape index (κ3) is 10.0. The Balaban J connectivity index is 2.37. The Bertz CT molecular complexity index is 664. The van der Waals surface area contributed by atoms with Crippen LogP contribution in [0.25, 0.3) is 0 Å². The monoisotopic (exact) mass is 414 g/mol. The fraction of sp³-hybridized carbons (Fsp3) is 0.667. The van der Waals surface area contributed by atoms with Crippen LogP contribution in [0.15, 0.2) is 46.6 Å². The molecule has 30 heavy (non-hydrogen) atoms. The molecule has 1 unspecified atom stereocenters. The van der Waals surface area contributed by atoms with Gasteiger partial charge in [-0.2, -0.15) is 0 Å². The van der Waals surface area contributed by atoms with Gasteiger partial charge in [0.15, 0.2) is 5.78 Å². The van der Waals surface area contributed by atoms with Crippen LogP contribution in [0.5, 0.6) is 0 Å². The molecule has 0 aromatic heterocycles. The zero-order chi connectivity index (χ0) is 22.6. The number of allylic oxidation sites excluding steroid dienone is 7. The maximum Gasteiger partial charge on any atom is 0.151 e. The topological polar surface area (TPSA) is 32.3 Å². The predicted molar refractivity (Wildman–Crippen MR) is 132 cm³/mol. The van der Waals surface area contributed by atoms with Crippen molar-refractivity contribution < 1.29 is 4.79 Å². The number of Topliss-reactive ketones (excluding diaryl/α,β-unsaturated/α-hetero) is 1. The van der Waals surface area contributed by atoms with E-state index < -0.39 is 0 Å². The molecule has 0 aromatic rings. The first-order valence-corrected chi connectivity index (χ1v) is 11.7. The minimum Gasteiger partial charge on any atom is -0.313 e. The van der Waals surface area contributed by atoms with Gasteiger partial charge in [0, 0.05) is 26.2 Å². The molecule has 0 saturated carbocycles. The van der Waals surface area contributed by atoms with E-state index in [0.717, 1.165) is 58.3 Å². The summed E-state index contributed by atoms with van der Waals surface area (Å²) in [5, 5.41) is 3.36. The average Bonchev–Trinajstić information content (AvgIpc) is 2.67. The number of hydrogen-bond acceptors (Lipinski definition) is 3. The van der Waals surface area contributed by atoms with Crippen LogP contribution in [-0.4, -0.2) is 42.4 Å². The summed E-state index contributed by atoms with van der Waals surface area (Å²) < 4.78 is 0. The number of rotatable bonds is 12. The predicted octanol–water partition coefficient (Wildman–Crippen LogP) is 6.39. The first-order valence-electron chi connectivity index (χ1n) is 11.7. The van der Waals surface area contributed by atoms with Crippen LogP contribution in [-0.2, 0) is 4.79 Å². The number of nitrogens with zero attached hydrogens (tertiary/aromatic N) is 1. The van der Waals surface area contributed by atoms with Crippen LogP contribution < -0.4 is 5.32 Å². The van der Waals surface area contributed by atoms with Crippen molar-refractivity contribution in [1.82, 2.24) is 10.2 Å². The zero-order valence-corrected chi connectivity index (χ0v) is 20.7. The summed E-state index contributed by atoms with van der Waals surface area (Å²) >= 11 is 0. The summed E-state index contributed by atoms with van der Waals surface area (Å²) in [5.41, 5.74) is 5.44. The first-order chi connectivity index (χ1) is 14.1. The third-order valence-electron chi connectivity index (χ3n) is 6.30. The first kappa shape index (κ1) is 26.6. The largest absolute Gasteiger partial charge is 0.313 e. The summed E-state index contributed by atoms with van der Waals surface area (Å²) in [5.74, 6) is 0.250. The van der Waals surface area contributed by atoms with E-state index in [1.807, 2.05) is 0 Å². The second-order valence-electron chi connectivity index (χ2n) is 9.50. The van der Waals surface area contributed by atoms with Crippen LogP contribution in [0.4, 0.5) is 0 Å². The Hall–Kier alpha value is -1.45. The second-order valence-corrected chi connectivity index (χ2v) is 9.50. The Labute approximate surface area is 186 Å². The lowest BCUT2D eigenvalue weighted by atomic mass is 9.92. The summed E-state index contributed by atoms with van der Waals surface area (Å²) in [4.78, 5) is 14.4. The minimum atomic E-state index is -0.372. The lowest BCUT2D eigenvalue weighted by Gasteiger charge is -2.43. The lowest BCUT2D eigenvalue weighted by Crippen LogP contribution is -2.63. The molecule has 1 fully saturated rings. The van der Waals surface area contributed by atoms with Gasteiger partial charge in [0.25, 0.3) is 0 Å². The molecule has 0 amide bonds. The number of carbonyl (C=O) groups is 1. The van der Waals surface area contributed by atoms with E-state index in [-0.39, 0.29) is 11.3 Å². The highest BCUT2D eigenvalue weighted by Gasteiger charge is 2.37. The number of ketones is 1. The van der Waals surface area contributed by atoms with E-state index in [9.17, 15) is 4.79 Å². The third-order valence-corrected chi connectivity index (χ3v) is 6.30. The standard InChI is InChI=1S/C27H46N2O/c1-22(2)11-8-12-23(3)13-9-14-24(4)15-10-16-25(5)17-19-29-20-18-28-21-27(29,7)26(6)30/h11,13,15,17,28H,8-10,12,14,16,18-21H2,1-7H3/b23-13+,24-15+,25-17+. The van der Waals surface area contributed by atoms with Crippen molar-refractivity contribution in [3.8, 4) is 0 Å². The smallest absolute Gasteiger partial charge is 0.151 e. The Morgan fingerprint density at radius 1 is 0.833 bits per heavy atom. The average molecular weight is 415 g/mol. The van der Waals surface area contributed by atoms with E-state index in [2.05, 4.69) is 76.1 Å². The number of nitrogens with one attached hydrogen (secondary N) is 1. The summed E-state index contributed by atoms with van der Waals surface area (Å²) in [6.07, 6.45) is 16.3. The van der Waals surface area contributed by atoms with Gasteiger partial charge >= 0.3 is 0 Å². The molecule has 0 radical (unpaired) electrons. The van der Waals surface area contributed by atoms with Crippen LogP contribution in [0.3, 0.4) is 0 Å². The zero-order valence-electron chi connectivity index (χ0n) is 20.7. The molecule has 0 aromatic carbocycles. The van der Waals surface area contributed by atoms with Crippen molar-refractivity contribution in [2.75, 3.05) is 26.2 Å². The van der Waals surface area contributed by atoms with Gasteiger partial charge in [0.2, 0.25) is 0 Å². The van der Waals surface area contributed by atoms with Crippen LogP contribution >= 0.6 is 0 Å². The normalized spacial score (nSPS) is 21.6. The molecule has 1 aliphatic rings. The summed E-state index contributed by atoms with van der Waals surface area (Å²) in [6.45, 7) is 18.3. The fourth-order valence-corrected chi connectivity index (χ4v) is 3.80. The number of carbonyl (C=O) groups excluding carboxylic acids is 1. The highest BCUT2D eigenvalue weighted by molar-refractivity contribution is 5.86. The Kier molecular flexibility index (Phi) is 12.2. The molecule has 3 nitrogen and oxygen atoms in total. The molecule has 0 aliphatic carbocycles. The molecular formula is C27H46N2O. The van der Waals surface area contributed by atoms with Crippen molar-refractivity contribution in [2.24, 2.45) is 0 Å². The van der Waals surface area contributed by atoms with Gasteiger partial charge in [-0.15, -0.1) is 0 Å². The molecule has 1 saturated heterocycles. The highest BCUT2D eigenvalue weighted by Crippen LogP contribution is 2.19. The number of hydrogen-bond donors (Lipinski definition) is 1. The Morgan fingerprint density at radius 3 is 1.83 bits per heavy atom. The van der Waals surface area contributed by atoms with E-state index in [0.29, 0.717) is 0 Å². The van der Waals surface area contributed by atoms with E-state index in [1.165, 1.54) is 28.7 Å². The van der Waals surface area contributed by atoms with E-state index in [1.54, 1.807) is 6.92 Å². The quantitative estimate of drug-likeness (QED) is 0.376.